The monoisotopic (exact) mass is 463 g/mol. The molecule has 0 aliphatic heterocycles. The average Bonchev–Trinajstić information content (AvgIpc) is 3.16. The van der Waals surface area contributed by atoms with Crippen LogP contribution in [0.5, 0.6) is 0 Å². The molecule has 1 aromatic heterocycles. The molecule has 30 heavy (non-hydrogen) atoms. The van der Waals surface area contributed by atoms with Crippen LogP contribution in [0.4, 0.5) is 0 Å². The molecule has 4 rings (SSSR count). The number of carbonyl (C=O) groups is 1. The van der Waals surface area contributed by atoms with E-state index in [9.17, 15) is 13.2 Å². The topological polar surface area (TPSA) is 76.4 Å². The van der Waals surface area contributed by atoms with Gasteiger partial charge in [-0.1, -0.05) is 53.5 Å². The molecule has 0 spiro atoms. The lowest BCUT2D eigenvalue weighted by Gasteiger charge is -2.26. The number of rotatable bonds is 5. The van der Waals surface area contributed by atoms with Crippen LogP contribution in [0.1, 0.15) is 46.3 Å². The molecule has 0 saturated carbocycles. The van der Waals surface area contributed by atoms with Crippen molar-refractivity contribution in [1.29, 1.82) is 0 Å². The Bertz CT molecular complexity index is 1180. The smallest absolute Gasteiger partial charge is 0.287 e. The van der Waals surface area contributed by atoms with Gasteiger partial charge in [0.15, 0.2) is 15.6 Å². The molecule has 1 N–H and O–H groups in total. The number of hydrogen-bond acceptors (Lipinski definition) is 4. The van der Waals surface area contributed by atoms with E-state index in [1.807, 2.05) is 18.2 Å². The summed E-state index contributed by atoms with van der Waals surface area (Å²) in [5.74, 6) is -0.625. The Morgan fingerprint density at radius 2 is 1.77 bits per heavy atom. The Labute approximate surface area is 184 Å². The fourth-order valence-electron chi connectivity index (χ4n) is 3.75. The molecular weight excluding hydrogens is 445 g/mol. The molecule has 1 atom stereocenters. The molecule has 0 fully saturated rings. The Morgan fingerprint density at radius 1 is 1.03 bits per heavy atom. The van der Waals surface area contributed by atoms with Gasteiger partial charge in [-0.2, -0.15) is 0 Å². The molecule has 0 unspecified atom stereocenters. The highest BCUT2D eigenvalue weighted by molar-refractivity contribution is 7.90. The van der Waals surface area contributed by atoms with Crippen molar-refractivity contribution in [2.24, 2.45) is 0 Å². The van der Waals surface area contributed by atoms with Crippen LogP contribution >= 0.6 is 23.2 Å². The zero-order chi connectivity index (χ0) is 21.3. The minimum atomic E-state index is -3.84. The van der Waals surface area contributed by atoms with E-state index in [1.54, 1.807) is 6.07 Å². The summed E-state index contributed by atoms with van der Waals surface area (Å²) in [7, 11) is -3.84. The summed E-state index contributed by atoms with van der Waals surface area (Å²) in [6, 6.07) is 15.4. The first kappa shape index (κ1) is 21.0. The van der Waals surface area contributed by atoms with Gasteiger partial charge >= 0.3 is 0 Å². The highest BCUT2D eigenvalue weighted by atomic mass is 35.5. The quantitative estimate of drug-likeness (QED) is 0.551. The highest BCUT2D eigenvalue weighted by Gasteiger charge is 2.26. The summed E-state index contributed by atoms with van der Waals surface area (Å²) in [5, 5.41) is 3.08. The van der Waals surface area contributed by atoms with Crippen LogP contribution in [0.15, 0.2) is 63.9 Å². The van der Waals surface area contributed by atoms with Gasteiger partial charge in [0.2, 0.25) is 0 Å². The predicted molar refractivity (Wildman–Crippen MR) is 116 cm³/mol. The number of sulfone groups is 1. The summed E-state index contributed by atoms with van der Waals surface area (Å²) in [6.45, 7) is 0. The van der Waals surface area contributed by atoms with Crippen molar-refractivity contribution in [1.82, 2.24) is 5.32 Å². The minimum absolute atomic E-state index is 0.0444. The molecule has 156 valence electrons. The van der Waals surface area contributed by atoms with Crippen LogP contribution in [0, 0.1) is 0 Å². The molecule has 5 nitrogen and oxygen atoms in total. The van der Waals surface area contributed by atoms with Crippen LogP contribution in [0.25, 0.3) is 0 Å². The Morgan fingerprint density at radius 3 is 2.53 bits per heavy atom. The molecule has 0 saturated heterocycles. The molecule has 1 aliphatic carbocycles. The largest absolute Gasteiger partial charge is 0.455 e. The van der Waals surface area contributed by atoms with Crippen molar-refractivity contribution < 1.29 is 17.6 Å². The lowest BCUT2D eigenvalue weighted by Crippen LogP contribution is -2.30. The highest BCUT2D eigenvalue weighted by Crippen LogP contribution is 2.32. The number of nitrogens with one attached hydrogen (secondary N) is 1. The number of halogens is 2. The third kappa shape index (κ3) is 4.26. The number of aryl methyl sites for hydroxylation is 1. The normalized spacial score (nSPS) is 16.1. The van der Waals surface area contributed by atoms with Gasteiger partial charge in [0.1, 0.15) is 16.4 Å². The number of amides is 1. The minimum Gasteiger partial charge on any atom is -0.455 e. The van der Waals surface area contributed by atoms with Crippen molar-refractivity contribution in [3.63, 3.8) is 0 Å². The maximum Gasteiger partial charge on any atom is 0.287 e. The van der Waals surface area contributed by atoms with Gasteiger partial charge < -0.3 is 9.73 Å². The Balaban J connectivity index is 1.50. The average molecular weight is 464 g/mol. The summed E-state index contributed by atoms with van der Waals surface area (Å²) < 4.78 is 31.0. The van der Waals surface area contributed by atoms with Crippen molar-refractivity contribution in [2.45, 2.75) is 36.0 Å². The van der Waals surface area contributed by atoms with Gasteiger partial charge in [-0.25, -0.2) is 8.42 Å². The molecule has 0 bridgehead atoms. The second-order valence-corrected chi connectivity index (χ2v) is 9.93. The van der Waals surface area contributed by atoms with E-state index in [1.165, 1.54) is 29.8 Å². The molecule has 1 amide bonds. The van der Waals surface area contributed by atoms with Crippen molar-refractivity contribution >= 4 is 38.9 Å². The summed E-state index contributed by atoms with van der Waals surface area (Å²) in [5.41, 5.74) is 2.34. The first-order chi connectivity index (χ1) is 14.3. The third-order valence-corrected chi connectivity index (χ3v) is 7.70. The zero-order valence-electron chi connectivity index (χ0n) is 15.9. The van der Waals surface area contributed by atoms with E-state index in [-0.39, 0.29) is 38.4 Å². The lowest BCUT2D eigenvalue weighted by molar-refractivity contribution is 0.0903. The number of benzene rings is 2. The van der Waals surface area contributed by atoms with Gasteiger partial charge in [0, 0.05) is 0 Å². The fourth-order valence-corrected chi connectivity index (χ4v) is 6.26. The molecular formula is C22H19Cl2NO4S. The van der Waals surface area contributed by atoms with Crippen molar-refractivity contribution in [3.05, 3.63) is 87.3 Å². The van der Waals surface area contributed by atoms with Gasteiger partial charge in [0.25, 0.3) is 5.91 Å². The summed E-state index contributed by atoms with van der Waals surface area (Å²) in [4.78, 5) is 12.5. The number of furan rings is 1. The second-order valence-electron chi connectivity index (χ2n) is 7.19. The SMILES string of the molecule is O=C(N[C@@H]1CCCc2ccccc21)c1ccc(CS(=O)(=O)c2c(Cl)cccc2Cl)o1. The van der Waals surface area contributed by atoms with Gasteiger partial charge in [-0.3, -0.25) is 4.79 Å². The van der Waals surface area contributed by atoms with Crippen LogP contribution in [-0.4, -0.2) is 14.3 Å². The van der Waals surface area contributed by atoms with Crippen LogP contribution in [0.3, 0.4) is 0 Å². The molecule has 1 heterocycles. The van der Waals surface area contributed by atoms with Crippen molar-refractivity contribution in [3.8, 4) is 0 Å². The molecule has 8 heteroatoms. The van der Waals surface area contributed by atoms with Gasteiger partial charge in [-0.15, -0.1) is 0 Å². The van der Waals surface area contributed by atoms with E-state index in [0.717, 1.165) is 24.8 Å². The van der Waals surface area contributed by atoms with Gasteiger partial charge in [-0.05, 0) is 54.7 Å². The fraction of sp³-hybridized carbons (Fsp3) is 0.227. The van der Waals surface area contributed by atoms with E-state index in [2.05, 4.69) is 11.4 Å². The van der Waals surface area contributed by atoms with E-state index in [4.69, 9.17) is 27.6 Å². The molecule has 1 aliphatic rings. The standard InChI is InChI=1S/C22H19Cl2NO4S/c23-17-8-4-9-18(24)21(17)30(27,28)13-15-11-12-20(29-15)22(26)25-19-10-3-6-14-5-1-2-7-16(14)19/h1-2,4-5,7-9,11-12,19H,3,6,10,13H2,(H,25,26)/t19-/m1/s1. The van der Waals surface area contributed by atoms with E-state index >= 15 is 0 Å². The Hall–Kier alpha value is -2.28. The number of carbonyl (C=O) groups excluding carboxylic acids is 1. The van der Waals surface area contributed by atoms with Crippen LogP contribution in [0.2, 0.25) is 10.0 Å². The number of hydrogen-bond donors (Lipinski definition) is 1. The maximum atomic E-state index is 12.7. The summed E-state index contributed by atoms with van der Waals surface area (Å²) >= 11 is 12.1. The molecule has 2 aromatic carbocycles. The Kier molecular flexibility index (Phi) is 5.91. The number of fused-ring (bicyclic) bond motifs is 1. The zero-order valence-corrected chi connectivity index (χ0v) is 18.2. The maximum absolute atomic E-state index is 12.7. The first-order valence-corrected chi connectivity index (χ1v) is 11.9. The van der Waals surface area contributed by atoms with Crippen molar-refractivity contribution in [2.75, 3.05) is 0 Å². The molecule has 0 radical (unpaired) electrons. The van der Waals surface area contributed by atoms with E-state index < -0.39 is 15.6 Å². The third-order valence-electron chi connectivity index (χ3n) is 5.12. The van der Waals surface area contributed by atoms with Crippen LogP contribution < -0.4 is 5.32 Å². The molecule has 3 aromatic rings. The van der Waals surface area contributed by atoms with Gasteiger partial charge in [0.05, 0.1) is 16.1 Å². The lowest BCUT2D eigenvalue weighted by atomic mass is 9.88. The second kappa shape index (κ2) is 8.46. The summed E-state index contributed by atoms with van der Waals surface area (Å²) in [6.07, 6.45) is 2.83. The van der Waals surface area contributed by atoms with Crippen LogP contribution in [-0.2, 0) is 22.0 Å². The van der Waals surface area contributed by atoms with E-state index in [0.29, 0.717) is 0 Å². The first-order valence-electron chi connectivity index (χ1n) is 9.49. The predicted octanol–water partition coefficient (Wildman–Crippen LogP) is 5.37.